The molecule has 0 radical (unpaired) electrons. The molecule has 1 unspecified atom stereocenters. The summed E-state index contributed by atoms with van der Waals surface area (Å²) in [6.07, 6.45) is 8.35. The molecule has 0 bridgehead atoms. The van der Waals surface area contributed by atoms with Crippen LogP contribution < -0.4 is 4.90 Å². The Morgan fingerprint density at radius 2 is 2.14 bits per heavy atom. The second-order valence-electron chi connectivity index (χ2n) is 5.23. The van der Waals surface area contributed by atoms with Gasteiger partial charge in [0.05, 0.1) is 28.3 Å². The predicted molar refractivity (Wildman–Crippen MR) is 82.1 cm³/mol. The summed E-state index contributed by atoms with van der Waals surface area (Å²) in [6, 6.07) is 0.373. The normalized spacial score (nSPS) is 18.8. The van der Waals surface area contributed by atoms with Crippen LogP contribution in [0.15, 0.2) is 29.4 Å². The van der Waals surface area contributed by atoms with Gasteiger partial charge in [-0.05, 0) is 22.4 Å². The molecule has 108 valence electrons. The van der Waals surface area contributed by atoms with Crippen LogP contribution in [-0.4, -0.2) is 42.6 Å². The average Bonchev–Trinajstić information content (AvgIpc) is 3.19. The highest BCUT2D eigenvalue weighted by Gasteiger charge is 2.27. The number of anilines is 1. The third-order valence-corrected chi connectivity index (χ3v) is 4.32. The Bertz CT molecular complexity index is 793. The van der Waals surface area contributed by atoms with E-state index in [9.17, 15) is 0 Å². The number of aryl methyl sites for hydroxylation is 1. The van der Waals surface area contributed by atoms with Gasteiger partial charge in [-0.15, -0.1) is 0 Å². The summed E-state index contributed by atoms with van der Waals surface area (Å²) in [7, 11) is 1.90. The Balaban J connectivity index is 1.65. The first-order chi connectivity index (χ1) is 10.2. The molecule has 7 nitrogen and oxygen atoms in total. The van der Waals surface area contributed by atoms with E-state index in [1.807, 2.05) is 30.3 Å². The minimum Gasteiger partial charge on any atom is -0.354 e. The SMILES string of the molecule is Cn1ncc2c(N3CCC(n4cc(Br)cn4)C3)ncnc21. The third-order valence-electron chi connectivity index (χ3n) is 3.92. The van der Waals surface area contributed by atoms with Crippen molar-refractivity contribution in [1.82, 2.24) is 29.5 Å². The lowest BCUT2D eigenvalue weighted by Crippen LogP contribution is -2.22. The van der Waals surface area contributed by atoms with E-state index >= 15 is 0 Å². The van der Waals surface area contributed by atoms with E-state index in [2.05, 4.69) is 41.0 Å². The Morgan fingerprint density at radius 3 is 2.95 bits per heavy atom. The maximum Gasteiger partial charge on any atom is 0.163 e. The van der Waals surface area contributed by atoms with Crippen molar-refractivity contribution >= 4 is 32.8 Å². The standard InChI is InChI=1S/C13H14BrN7/c1-19-12-11(5-17-19)13(16-8-15-12)20-3-2-10(7-20)21-6-9(14)4-18-21/h4-6,8,10H,2-3,7H2,1H3. The highest BCUT2D eigenvalue weighted by atomic mass is 79.9. The van der Waals surface area contributed by atoms with Crippen LogP contribution in [0.1, 0.15) is 12.5 Å². The Kier molecular flexibility index (Phi) is 2.91. The van der Waals surface area contributed by atoms with Crippen molar-refractivity contribution in [3.05, 3.63) is 29.4 Å². The molecule has 1 aliphatic heterocycles. The van der Waals surface area contributed by atoms with Crippen LogP contribution in [0.4, 0.5) is 5.82 Å². The number of hydrogen-bond donors (Lipinski definition) is 0. The van der Waals surface area contributed by atoms with Crippen molar-refractivity contribution in [3.63, 3.8) is 0 Å². The molecule has 0 aliphatic carbocycles. The highest BCUT2D eigenvalue weighted by molar-refractivity contribution is 9.10. The Labute approximate surface area is 129 Å². The minimum absolute atomic E-state index is 0.373. The molecule has 0 amide bonds. The second-order valence-corrected chi connectivity index (χ2v) is 6.15. The van der Waals surface area contributed by atoms with Crippen LogP contribution >= 0.6 is 15.9 Å². The Hall–Kier alpha value is -1.96. The molecule has 0 spiro atoms. The summed E-state index contributed by atoms with van der Waals surface area (Å²) >= 11 is 3.45. The molecule has 4 rings (SSSR count). The van der Waals surface area contributed by atoms with Gasteiger partial charge in [0, 0.05) is 26.3 Å². The van der Waals surface area contributed by atoms with Crippen LogP contribution in [0.3, 0.4) is 0 Å². The molecular weight excluding hydrogens is 334 g/mol. The lowest BCUT2D eigenvalue weighted by atomic mass is 10.3. The van der Waals surface area contributed by atoms with Gasteiger partial charge in [0.15, 0.2) is 5.65 Å². The average molecular weight is 348 g/mol. The fraction of sp³-hybridized carbons (Fsp3) is 0.385. The van der Waals surface area contributed by atoms with Crippen LogP contribution in [-0.2, 0) is 7.05 Å². The number of hydrogen-bond acceptors (Lipinski definition) is 5. The lowest BCUT2D eigenvalue weighted by Gasteiger charge is -2.18. The van der Waals surface area contributed by atoms with Crippen LogP contribution in [0, 0.1) is 0 Å². The third kappa shape index (κ3) is 2.10. The van der Waals surface area contributed by atoms with E-state index in [-0.39, 0.29) is 0 Å². The molecule has 0 N–H and O–H groups in total. The summed E-state index contributed by atoms with van der Waals surface area (Å²) in [4.78, 5) is 11.0. The molecule has 4 heterocycles. The fourth-order valence-corrected chi connectivity index (χ4v) is 3.17. The molecule has 21 heavy (non-hydrogen) atoms. The fourth-order valence-electron chi connectivity index (χ4n) is 2.87. The van der Waals surface area contributed by atoms with Crippen molar-refractivity contribution in [1.29, 1.82) is 0 Å². The summed E-state index contributed by atoms with van der Waals surface area (Å²) in [5.41, 5.74) is 0.866. The maximum atomic E-state index is 4.46. The van der Waals surface area contributed by atoms with Crippen molar-refractivity contribution in [3.8, 4) is 0 Å². The maximum absolute atomic E-state index is 4.46. The van der Waals surface area contributed by atoms with Crippen LogP contribution in [0.5, 0.6) is 0 Å². The van der Waals surface area contributed by atoms with E-state index in [1.54, 1.807) is 11.0 Å². The molecule has 0 aromatic carbocycles. The van der Waals surface area contributed by atoms with Gasteiger partial charge >= 0.3 is 0 Å². The molecule has 1 fully saturated rings. The summed E-state index contributed by atoms with van der Waals surface area (Å²) < 4.78 is 4.81. The van der Waals surface area contributed by atoms with Crippen molar-refractivity contribution in [2.45, 2.75) is 12.5 Å². The van der Waals surface area contributed by atoms with Gasteiger partial charge in [-0.1, -0.05) is 0 Å². The molecular formula is C13H14BrN7. The predicted octanol–water partition coefficient (Wildman–Crippen LogP) is 1.77. The minimum atomic E-state index is 0.373. The summed E-state index contributed by atoms with van der Waals surface area (Å²) in [6.45, 7) is 1.86. The molecule has 0 saturated carbocycles. The van der Waals surface area contributed by atoms with E-state index in [0.29, 0.717) is 6.04 Å². The van der Waals surface area contributed by atoms with E-state index < -0.39 is 0 Å². The molecule has 8 heteroatoms. The second kappa shape index (κ2) is 4.80. The summed E-state index contributed by atoms with van der Waals surface area (Å²) in [5, 5.41) is 9.66. The first-order valence-corrected chi connectivity index (χ1v) is 7.59. The zero-order valence-electron chi connectivity index (χ0n) is 11.5. The Morgan fingerprint density at radius 1 is 1.24 bits per heavy atom. The molecule has 1 aliphatic rings. The van der Waals surface area contributed by atoms with Gasteiger partial charge in [-0.3, -0.25) is 9.36 Å². The quantitative estimate of drug-likeness (QED) is 0.706. The van der Waals surface area contributed by atoms with Gasteiger partial charge in [0.1, 0.15) is 12.1 Å². The van der Waals surface area contributed by atoms with Gasteiger partial charge in [-0.2, -0.15) is 10.2 Å². The van der Waals surface area contributed by atoms with Crippen molar-refractivity contribution < 1.29 is 0 Å². The first-order valence-electron chi connectivity index (χ1n) is 6.79. The first kappa shape index (κ1) is 12.8. The molecule has 3 aromatic rings. The number of aromatic nitrogens is 6. The molecule has 1 atom stereocenters. The van der Waals surface area contributed by atoms with Gasteiger partial charge in [-0.25, -0.2) is 9.97 Å². The number of rotatable bonds is 2. The highest BCUT2D eigenvalue weighted by Crippen LogP contribution is 2.29. The number of fused-ring (bicyclic) bond motifs is 1. The number of nitrogens with zero attached hydrogens (tertiary/aromatic N) is 7. The van der Waals surface area contributed by atoms with Crippen molar-refractivity contribution in [2.24, 2.45) is 7.05 Å². The number of halogens is 1. The van der Waals surface area contributed by atoms with E-state index in [4.69, 9.17) is 0 Å². The lowest BCUT2D eigenvalue weighted by molar-refractivity contribution is 0.494. The van der Waals surface area contributed by atoms with Crippen molar-refractivity contribution in [2.75, 3.05) is 18.0 Å². The zero-order chi connectivity index (χ0) is 14.4. The van der Waals surface area contributed by atoms with E-state index in [0.717, 1.165) is 40.8 Å². The smallest absolute Gasteiger partial charge is 0.163 e. The van der Waals surface area contributed by atoms with Gasteiger partial charge in [0.2, 0.25) is 0 Å². The van der Waals surface area contributed by atoms with Crippen LogP contribution in [0.2, 0.25) is 0 Å². The molecule has 3 aromatic heterocycles. The topological polar surface area (TPSA) is 64.7 Å². The van der Waals surface area contributed by atoms with E-state index in [1.165, 1.54) is 0 Å². The van der Waals surface area contributed by atoms with Crippen LogP contribution in [0.25, 0.3) is 11.0 Å². The molecule has 1 saturated heterocycles. The zero-order valence-corrected chi connectivity index (χ0v) is 13.1. The van der Waals surface area contributed by atoms with Gasteiger partial charge < -0.3 is 4.90 Å². The largest absolute Gasteiger partial charge is 0.354 e. The van der Waals surface area contributed by atoms with Gasteiger partial charge in [0.25, 0.3) is 0 Å². The summed E-state index contributed by atoms with van der Waals surface area (Å²) in [5.74, 6) is 0.960. The monoisotopic (exact) mass is 347 g/mol.